The van der Waals surface area contributed by atoms with Gasteiger partial charge in [0.05, 0.1) is 0 Å². The van der Waals surface area contributed by atoms with Crippen molar-refractivity contribution in [1.29, 1.82) is 0 Å². The quantitative estimate of drug-likeness (QED) is 0.378. The van der Waals surface area contributed by atoms with Crippen LogP contribution in [0.2, 0.25) is 0 Å². The Kier molecular flexibility index (Phi) is 62.5. The van der Waals surface area contributed by atoms with Gasteiger partial charge in [0.2, 0.25) is 0 Å². The number of carbonyl (C=O) groups is 2. The van der Waals surface area contributed by atoms with Gasteiger partial charge in [-0.1, -0.05) is 0 Å². The van der Waals surface area contributed by atoms with Crippen molar-refractivity contribution in [1.82, 2.24) is 0 Å². The summed E-state index contributed by atoms with van der Waals surface area (Å²) in [6.45, 7) is 1.20. The molecule has 78 valence electrons. The van der Waals surface area contributed by atoms with Gasteiger partial charge in [-0.2, -0.15) is 0 Å². The Hall–Kier alpha value is 2.02. The minimum atomic E-state index is -1.83. The molecule has 0 fully saturated rings. The molecule has 0 bridgehead atoms. The summed E-state index contributed by atoms with van der Waals surface area (Å²) < 4.78 is 0. The van der Waals surface area contributed by atoms with Crippen LogP contribution < -0.4 is 29.6 Å². The molecule has 0 aromatic rings. The number of rotatable bonds is 1. The molecule has 0 aliphatic rings. The zero-order valence-electron chi connectivity index (χ0n) is 13.0. The molecule has 0 aromatic carbocycles. The van der Waals surface area contributed by atoms with Crippen LogP contribution in [-0.4, -0.2) is 99.4 Å². The van der Waals surface area contributed by atoms with E-state index in [4.69, 9.17) is 25.2 Å². The second kappa shape index (κ2) is 24.3. The van der Waals surface area contributed by atoms with Crippen molar-refractivity contribution in [2.24, 2.45) is 0 Å². The Balaban J connectivity index is -0.00000000520. The smallest absolute Gasteiger partial charge is 1.00 e. The third-order valence-corrected chi connectivity index (χ3v) is 0.357. The second-order valence-corrected chi connectivity index (χ2v) is 1.30. The van der Waals surface area contributed by atoms with Crippen molar-refractivity contribution in [2.45, 2.75) is 13.0 Å². The summed E-state index contributed by atoms with van der Waals surface area (Å²) in [7, 11) is 0. The fourth-order valence-electron chi connectivity index (χ4n) is 0. The van der Waals surface area contributed by atoms with E-state index in [1.807, 2.05) is 0 Å². The molecule has 0 saturated carbocycles. The average molecular weight is 281 g/mol. The molecule has 1 unspecified atom stereocenters. The van der Waals surface area contributed by atoms with Gasteiger partial charge < -0.3 is 27.6 Å². The summed E-state index contributed by atoms with van der Waals surface area (Å²) in [5.41, 5.74) is 0. The molecular weight excluding hydrogens is 267 g/mol. The molecule has 4 N–H and O–H groups in total. The van der Waals surface area contributed by atoms with E-state index in [0.717, 1.165) is 0 Å². The van der Waals surface area contributed by atoms with Crippen LogP contribution >= 0.6 is 12.4 Å². The first-order valence-electron chi connectivity index (χ1n) is 2.20. The van der Waals surface area contributed by atoms with Crippen LogP contribution in [0.15, 0.2) is 0 Å². The zero-order valence-corrected chi connectivity index (χ0v) is 14.4. The predicted molar refractivity (Wildman–Crippen MR) is 54.3 cm³/mol. The Morgan fingerprint density at radius 3 is 1.29 bits per heavy atom. The maximum Gasteiger partial charge on any atom is 2.00 e. The summed E-state index contributed by atoms with van der Waals surface area (Å²) >= 11 is 0. The van der Waals surface area contributed by atoms with Crippen LogP contribution in [0.4, 0.5) is 4.79 Å². The molecule has 10 heteroatoms. The first kappa shape index (κ1) is 36.0. The van der Waals surface area contributed by atoms with Gasteiger partial charge in [-0.05, 0) is 6.92 Å². The number of hydrogen-bond donors (Lipinski definition) is 4. The van der Waals surface area contributed by atoms with E-state index in [2.05, 4.69) is 0 Å². The Morgan fingerprint density at radius 1 is 1.21 bits per heavy atom. The van der Waals surface area contributed by atoms with Gasteiger partial charge in [-0.3, -0.25) is 0 Å². The van der Waals surface area contributed by atoms with E-state index in [1.165, 1.54) is 6.92 Å². The standard InChI is InChI=1S/C3H6O3.CH2O3.Ca.ClH.Mg.Na.5H/c1-2(4)3(5)6;2-1(3)4;;;;;;;;;/h2,4H,1H3,(H,5,6);(H2,2,3,4);;1H;;;;;;;/q;;+2;;+2;+1;5*-1. The van der Waals surface area contributed by atoms with E-state index < -0.39 is 18.2 Å². The van der Waals surface area contributed by atoms with E-state index >= 15 is 0 Å². The van der Waals surface area contributed by atoms with Crippen LogP contribution in [0.25, 0.3) is 0 Å². The van der Waals surface area contributed by atoms with Crippen molar-refractivity contribution in [2.75, 3.05) is 0 Å². The summed E-state index contributed by atoms with van der Waals surface area (Å²) in [4.78, 5) is 18.0. The molecule has 0 spiro atoms. The number of halogens is 1. The van der Waals surface area contributed by atoms with Gasteiger partial charge in [0.25, 0.3) is 0 Å². The fourth-order valence-corrected chi connectivity index (χ4v) is 0. The number of carboxylic acids is 1. The van der Waals surface area contributed by atoms with Crippen LogP contribution in [0.5, 0.6) is 0 Å². The third kappa shape index (κ3) is 65.6. The van der Waals surface area contributed by atoms with Crippen molar-refractivity contribution in [3.63, 3.8) is 0 Å². The number of aliphatic carboxylic acids is 1. The minimum Gasteiger partial charge on any atom is -1.00 e. The molecule has 0 saturated heterocycles. The van der Waals surface area contributed by atoms with E-state index in [1.54, 1.807) is 0 Å². The van der Waals surface area contributed by atoms with E-state index in [9.17, 15) is 4.79 Å². The van der Waals surface area contributed by atoms with Gasteiger partial charge in [-0.25, -0.2) is 9.59 Å². The number of aliphatic hydroxyl groups is 1. The topological polar surface area (TPSA) is 115 Å². The van der Waals surface area contributed by atoms with Gasteiger partial charge in [0.1, 0.15) is 6.10 Å². The predicted octanol–water partition coefficient (Wildman–Crippen LogP) is -3.10. The van der Waals surface area contributed by atoms with Gasteiger partial charge in [0.15, 0.2) is 0 Å². The molecule has 0 aliphatic carbocycles. The molecule has 0 aliphatic heterocycles. The minimum absolute atomic E-state index is 0. The molecule has 0 radical (unpaired) electrons. The zero-order chi connectivity index (χ0) is 8.73. The maximum atomic E-state index is 9.45. The summed E-state index contributed by atoms with van der Waals surface area (Å²) in [5.74, 6) is -1.19. The Morgan fingerprint density at radius 2 is 1.29 bits per heavy atom. The first-order chi connectivity index (χ1) is 4.37. The largest absolute Gasteiger partial charge is 2.00 e. The van der Waals surface area contributed by atoms with Crippen LogP contribution in [0.1, 0.15) is 14.1 Å². The van der Waals surface area contributed by atoms with Crippen molar-refractivity contribution in [3.8, 4) is 0 Å². The summed E-state index contributed by atoms with van der Waals surface area (Å²) in [6, 6.07) is 0. The fraction of sp³-hybridized carbons (Fsp3) is 0.500. The maximum absolute atomic E-state index is 9.45. The van der Waals surface area contributed by atoms with Crippen LogP contribution in [-0.2, 0) is 4.79 Å². The molecule has 6 nitrogen and oxygen atoms in total. The monoisotopic (exact) mass is 280 g/mol. The van der Waals surface area contributed by atoms with E-state index in [0.29, 0.717) is 0 Å². The Bertz CT molecular complexity index is 149. The molecule has 1 atom stereocenters. The number of hydrogen-bond acceptors (Lipinski definition) is 3. The third-order valence-electron chi connectivity index (χ3n) is 0.357. The van der Waals surface area contributed by atoms with Gasteiger partial charge in [-0.15, -0.1) is 12.4 Å². The molecule has 0 aromatic heterocycles. The molecule has 0 heterocycles. The van der Waals surface area contributed by atoms with E-state index in [-0.39, 0.29) is 110 Å². The molecule has 0 rings (SSSR count). The SMILES string of the molecule is CC(O)C(=O)O.Cl.O=C(O)O.[Ca+2].[H-].[H-].[H-].[H-].[H-].[Mg+2].[Na+]. The summed E-state index contributed by atoms with van der Waals surface area (Å²) in [5, 5.41) is 29.7. The molecule has 14 heavy (non-hydrogen) atoms. The van der Waals surface area contributed by atoms with Crippen LogP contribution in [0.3, 0.4) is 0 Å². The Labute approximate surface area is 163 Å². The first-order valence-corrected chi connectivity index (χ1v) is 2.20. The molecular formula is C4H14CaClMgNaO6. The number of aliphatic hydroxyl groups excluding tert-OH is 1. The van der Waals surface area contributed by atoms with Crippen molar-refractivity contribution < 1.29 is 66.7 Å². The van der Waals surface area contributed by atoms with Crippen molar-refractivity contribution in [3.05, 3.63) is 0 Å². The van der Waals surface area contributed by atoms with Crippen LogP contribution in [0, 0.1) is 0 Å². The average Bonchev–Trinajstić information content (AvgIpc) is 1.63. The van der Waals surface area contributed by atoms with Gasteiger partial charge in [0, 0.05) is 0 Å². The normalized spacial score (nSPS) is 7.57. The van der Waals surface area contributed by atoms with Crippen molar-refractivity contribution >= 4 is 85.3 Å². The second-order valence-electron chi connectivity index (χ2n) is 1.30. The summed E-state index contributed by atoms with van der Waals surface area (Å²) in [6.07, 6.45) is -3.06. The van der Waals surface area contributed by atoms with Gasteiger partial charge >= 0.3 is 102 Å². The molecule has 0 amide bonds. The number of carboxylic acid groups (broad SMARTS) is 3.